The number of aliphatic imine (C=N–C) groups is 1. The maximum absolute atomic E-state index is 6.29. The van der Waals surface area contributed by atoms with E-state index in [-0.39, 0.29) is 18.7 Å². The summed E-state index contributed by atoms with van der Waals surface area (Å²) in [5.41, 5.74) is 6.73. The molecule has 4 nitrogen and oxygen atoms in total. The Balaban J connectivity index is 2.90. The van der Waals surface area contributed by atoms with Crippen LogP contribution in [0.2, 0.25) is 5.02 Å². The highest BCUT2D eigenvalue weighted by Crippen LogP contribution is 2.24. The summed E-state index contributed by atoms with van der Waals surface area (Å²) in [7, 11) is 3.25. The van der Waals surface area contributed by atoms with Crippen LogP contribution < -0.4 is 5.73 Å². The van der Waals surface area contributed by atoms with Gasteiger partial charge in [0.2, 0.25) is 0 Å². The van der Waals surface area contributed by atoms with Crippen LogP contribution in [0.4, 0.5) is 0 Å². The molecule has 0 saturated heterocycles. The minimum atomic E-state index is -0.0730. The number of rotatable bonds is 9. The van der Waals surface area contributed by atoms with Crippen LogP contribution >= 0.6 is 27.5 Å². The average molecular weight is 404 g/mol. The average Bonchev–Trinajstić information content (AvgIpc) is 2.54. The molecule has 0 amide bonds. The van der Waals surface area contributed by atoms with Crippen molar-refractivity contribution in [1.29, 1.82) is 0 Å². The summed E-state index contributed by atoms with van der Waals surface area (Å²) in [6.45, 7) is 4.04. The van der Waals surface area contributed by atoms with E-state index in [1.807, 2.05) is 24.3 Å². The fraction of sp³-hybridized carbons (Fsp3) is 0.471. The van der Waals surface area contributed by atoms with Crippen molar-refractivity contribution >= 4 is 33.4 Å². The Morgan fingerprint density at radius 3 is 2.74 bits per heavy atom. The van der Waals surface area contributed by atoms with Gasteiger partial charge < -0.3 is 15.2 Å². The minimum Gasteiger partial charge on any atom is -0.483 e. The molecule has 0 spiro atoms. The zero-order chi connectivity index (χ0) is 17.2. The first-order valence-corrected chi connectivity index (χ1v) is 8.61. The predicted octanol–water partition coefficient (Wildman–Crippen LogP) is 4.00. The van der Waals surface area contributed by atoms with E-state index in [1.165, 1.54) is 0 Å². The molecule has 0 fully saturated rings. The molecular formula is C17H24BrClN2O2. The molecule has 0 saturated carbocycles. The van der Waals surface area contributed by atoms with E-state index in [4.69, 9.17) is 26.8 Å². The van der Waals surface area contributed by atoms with Gasteiger partial charge in [0.1, 0.15) is 0 Å². The topological polar surface area (TPSA) is 56.8 Å². The lowest BCUT2D eigenvalue weighted by molar-refractivity contribution is 0.0802. The maximum atomic E-state index is 6.29. The van der Waals surface area contributed by atoms with Crippen molar-refractivity contribution in [3.05, 3.63) is 45.9 Å². The number of hydrogen-bond donors (Lipinski definition) is 1. The van der Waals surface area contributed by atoms with Crippen LogP contribution in [-0.4, -0.2) is 38.8 Å². The number of aryl methyl sites for hydroxylation is 1. The van der Waals surface area contributed by atoms with Gasteiger partial charge in [-0.3, -0.25) is 0 Å². The fourth-order valence-electron chi connectivity index (χ4n) is 2.31. The largest absolute Gasteiger partial charge is 0.483 e. The standard InChI is InChI=1S/C17H24BrClN2O2/c1-4-5-16(22-2)15(21-17(11-20)23-3)9-7-12-6-8-13(18)10-14(12)19/h4,6,8,10,15-16H,1,5,7,9,11,20H2,2-3H3. The van der Waals surface area contributed by atoms with Crippen LogP contribution in [0, 0.1) is 0 Å². The lowest BCUT2D eigenvalue weighted by atomic mass is 9.99. The molecule has 0 bridgehead atoms. The molecule has 2 atom stereocenters. The Kier molecular flexibility index (Phi) is 9.48. The maximum Gasteiger partial charge on any atom is 0.197 e. The highest BCUT2D eigenvalue weighted by Gasteiger charge is 2.21. The molecular weight excluding hydrogens is 380 g/mol. The Labute approximate surface area is 151 Å². The molecule has 0 heterocycles. The van der Waals surface area contributed by atoms with E-state index in [0.717, 1.165) is 27.9 Å². The molecule has 0 aliphatic carbocycles. The number of nitrogens with two attached hydrogens (primary N) is 1. The van der Waals surface area contributed by atoms with Gasteiger partial charge in [-0.05, 0) is 37.0 Å². The zero-order valence-corrected chi connectivity index (χ0v) is 15.9. The number of hydrogen-bond acceptors (Lipinski definition) is 4. The summed E-state index contributed by atoms with van der Waals surface area (Å²) >= 11 is 9.70. The lowest BCUT2D eigenvalue weighted by Crippen LogP contribution is -2.30. The Hall–Kier alpha value is -0.880. The molecule has 1 aromatic carbocycles. The van der Waals surface area contributed by atoms with Crippen molar-refractivity contribution in [2.24, 2.45) is 10.7 Å². The molecule has 128 valence electrons. The summed E-state index contributed by atoms with van der Waals surface area (Å²) in [5.74, 6) is 0.517. The molecule has 0 aromatic heterocycles. The molecule has 1 rings (SSSR count). The van der Waals surface area contributed by atoms with Crippen LogP contribution in [0.3, 0.4) is 0 Å². The summed E-state index contributed by atoms with van der Waals surface area (Å²) in [5, 5.41) is 0.741. The van der Waals surface area contributed by atoms with E-state index in [0.29, 0.717) is 12.3 Å². The van der Waals surface area contributed by atoms with Gasteiger partial charge in [0.05, 0.1) is 25.8 Å². The Morgan fingerprint density at radius 2 is 2.22 bits per heavy atom. The summed E-state index contributed by atoms with van der Waals surface area (Å²) in [6.07, 6.45) is 4.04. The van der Waals surface area contributed by atoms with Gasteiger partial charge in [-0.15, -0.1) is 6.58 Å². The smallest absolute Gasteiger partial charge is 0.197 e. The zero-order valence-electron chi connectivity index (χ0n) is 13.6. The third-order valence-electron chi connectivity index (χ3n) is 3.58. The highest BCUT2D eigenvalue weighted by molar-refractivity contribution is 9.10. The first kappa shape index (κ1) is 20.2. The molecule has 2 unspecified atom stereocenters. The number of nitrogens with zero attached hydrogens (tertiary/aromatic N) is 1. The van der Waals surface area contributed by atoms with Gasteiger partial charge >= 0.3 is 0 Å². The highest BCUT2D eigenvalue weighted by atomic mass is 79.9. The quantitative estimate of drug-likeness (QED) is 0.385. The first-order chi connectivity index (χ1) is 11.0. The first-order valence-electron chi connectivity index (χ1n) is 7.44. The molecule has 0 radical (unpaired) electrons. The third-order valence-corrected chi connectivity index (χ3v) is 4.42. The number of halogens is 2. The van der Waals surface area contributed by atoms with Gasteiger partial charge in [0, 0.05) is 16.6 Å². The monoisotopic (exact) mass is 402 g/mol. The van der Waals surface area contributed by atoms with Crippen LogP contribution in [0.15, 0.2) is 40.3 Å². The normalized spacial score (nSPS) is 14.4. The van der Waals surface area contributed by atoms with Crippen molar-refractivity contribution in [2.45, 2.75) is 31.4 Å². The van der Waals surface area contributed by atoms with Crippen molar-refractivity contribution in [3.63, 3.8) is 0 Å². The summed E-state index contributed by atoms with van der Waals surface area (Å²) in [4.78, 5) is 4.61. The SMILES string of the molecule is C=CCC(OC)C(CCc1ccc(Br)cc1Cl)N=C(CN)OC. The van der Waals surface area contributed by atoms with Crippen molar-refractivity contribution in [3.8, 4) is 0 Å². The second-order valence-corrected chi connectivity index (χ2v) is 6.39. The molecule has 23 heavy (non-hydrogen) atoms. The van der Waals surface area contributed by atoms with E-state index in [1.54, 1.807) is 14.2 Å². The van der Waals surface area contributed by atoms with Gasteiger partial charge in [0.25, 0.3) is 0 Å². The van der Waals surface area contributed by atoms with E-state index < -0.39 is 0 Å². The second-order valence-electron chi connectivity index (χ2n) is 5.07. The number of ether oxygens (including phenoxy) is 2. The van der Waals surface area contributed by atoms with Crippen molar-refractivity contribution < 1.29 is 9.47 Å². The Bertz CT molecular complexity index is 531. The van der Waals surface area contributed by atoms with Gasteiger partial charge in [0.15, 0.2) is 5.90 Å². The summed E-state index contributed by atoms with van der Waals surface area (Å²) in [6, 6.07) is 5.82. The van der Waals surface area contributed by atoms with Gasteiger partial charge in [-0.1, -0.05) is 39.7 Å². The van der Waals surface area contributed by atoms with Crippen LogP contribution in [0.1, 0.15) is 18.4 Å². The third kappa shape index (κ3) is 6.63. The van der Waals surface area contributed by atoms with Crippen molar-refractivity contribution in [2.75, 3.05) is 20.8 Å². The number of methoxy groups -OCH3 is 2. The minimum absolute atomic E-state index is 0.0709. The summed E-state index contributed by atoms with van der Waals surface area (Å²) < 4.78 is 11.7. The van der Waals surface area contributed by atoms with Crippen molar-refractivity contribution in [1.82, 2.24) is 0 Å². The fourth-order valence-corrected chi connectivity index (χ4v) is 3.08. The van der Waals surface area contributed by atoms with Crippen LogP contribution in [0.25, 0.3) is 0 Å². The number of benzene rings is 1. The van der Waals surface area contributed by atoms with Gasteiger partial charge in [-0.25, -0.2) is 4.99 Å². The van der Waals surface area contributed by atoms with E-state index >= 15 is 0 Å². The second kappa shape index (κ2) is 10.8. The predicted molar refractivity (Wildman–Crippen MR) is 100 cm³/mol. The molecule has 6 heteroatoms. The van der Waals surface area contributed by atoms with Crippen LogP contribution in [-0.2, 0) is 15.9 Å². The molecule has 2 N–H and O–H groups in total. The molecule has 0 aliphatic rings. The van der Waals surface area contributed by atoms with E-state index in [9.17, 15) is 0 Å². The molecule has 1 aromatic rings. The molecule has 0 aliphatic heterocycles. The lowest BCUT2D eigenvalue weighted by Gasteiger charge is -2.23. The van der Waals surface area contributed by atoms with E-state index in [2.05, 4.69) is 27.5 Å². The Morgan fingerprint density at radius 1 is 1.48 bits per heavy atom. The van der Waals surface area contributed by atoms with Crippen LogP contribution in [0.5, 0.6) is 0 Å². The van der Waals surface area contributed by atoms with Gasteiger partial charge in [-0.2, -0.15) is 0 Å².